The summed E-state index contributed by atoms with van der Waals surface area (Å²) in [5, 5.41) is 3.34. The second kappa shape index (κ2) is 4.74. The summed E-state index contributed by atoms with van der Waals surface area (Å²) < 4.78 is 0. The number of nitrogens with zero attached hydrogens (tertiary/aromatic N) is 1. The van der Waals surface area contributed by atoms with Crippen LogP contribution in [0.1, 0.15) is 45.4 Å². The first-order valence-electron chi connectivity index (χ1n) is 6.67. The van der Waals surface area contributed by atoms with E-state index in [9.17, 15) is 4.79 Å². The van der Waals surface area contributed by atoms with Gasteiger partial charge in [-0.15, -0.1) is 0 Å². The molecule has 0 radical (unpaired) electrons. The van der Waals surface area contributed by atoms with Gasteiger partial charge in [0.15, 0.2) is 0 Å². The molecule has 1 atom stereocenters. The molecule has 92 valence electrons. The minimum atomic E-state index is -0.0999. The van der Waals surface area contributed by atoms with Crippen LogP contribution in [0.5, 0.6) is 0 Å². The lowest BCUT2D eigenvalue weighted by atomic mass is 9.82. The fraction of sp³-hybridized carbons (Fsp3) is 0.923. The molecule has 0 aromatic rings. The van der Waals surface area contributed by atoms with Gasteiger partial charge in [0.2, 0.25) is 5.91 Å². The summed E-state index contributed by atoms with van der Waals surface area (Å²) in [5.41, 5.74) is -0.0999. The highest BCUT2D eigenvalue weighted by atomic mass is 16.2. The van der Waals surface area contributed by atoms with Crippen LogP contribution in [-0.2, 0) is 4.79 Å². The van der Waals surface area contributed by atoms with Gasteiger partial charge >= 0.3 is 0 Å². The summed E-state index contributed by atoms with van der Waals surface area (Å²) in [6, 6.07) is 0.511. The van der Waals surface area contributed by atoms with E-state index in [4.69, 9.17) is 0 Å². The molecule has 1 saturated carbocycles. The third kappa shape index (κ3) is 1.97. The predicted octanol–water partition coefficient (Wildman–Crippen LogP) is 1.78. The van der Waals surface area contributed by atoms with Gasteiger partial charge in [-0.25, -0.2) is 0 Å². The maximum atomic E-state index is 12.6. The van der Waals surface area contributed by atoms with E-state index in [1.54, 1.807) is 0 Å². The molecule has 1 N–H and O–H groups in total. The lowest BCUT2D eigenvalue weighted by Gasteiger charge is -2.34. The van der Waals surface area contributed by atoms with Crippen molar-refractivity contribution in [2.75, 3.05) is 20.1 Å². The van der Waals surface area contributed by atoms with E-state index < -0.39 is 0 Å². The maximum absolute atomic E-state index is 12.6. The molecule has 1 amide bonds. The smallest absolute Gasteiger partial charge is 0.230 e. The SMILES string of the molecule is CCC1(C(=O)N(C)C2CCCC2)CCNC1. The topological polar surface area (TPSA) is 32.3 Å². The van der Waals surface area contributed by atoms with Crippen molar-refractivity contribution in [3.63, 3.8) is 0 Å². The van der Waals surface area contributed by atoms with Crippen LogP contribution in [0.3, 0.4) is 0 Å². The largest absolute Gasteiger partial charge is 0.342 e. The van der Waals surface area contributed by atoms with Crippen LogP contribution in [0.25, 0.3) is 0 Å². The third-order valence-electron chi connectivity index (χ3n) is 4.57. The van der Waals surface area contributed by atoms with Crippen LogP contribution >= 0.6 is 0 Å². The van der Waals surface area contributed by atoms with Gasteiger partial charge in [-0.1, -0.05) is 19.8 Å². The standard InChI is InChI=1S/C13H24N2O/c1-3-13(8-9-14-10-13)12(16)15(2)11-6-4-5-7-11/h11,14H,3-10H2,1-2H3. The second-order valence-corrected chi connectivity index (χ2v) is 5.41. The zero-order valence-corrected chi connectivity index (χ0v) is 10.6. The minimum absolute atomic E-state index is 0.0999. The Morgan fingerprint density at radius 3 is 2.62 bits per heavy atom. The molecule has 16 heavy (non-hydrogen) atoms. The monoisotopic (exact) mass is 224 g/mol. The summed E-state index contributed by atoms with van der Waals surface area (Å²) in [4.78, 5) is 14.6. The van der Waals surface area contributed by atoms with Crippen LogP contribution in [0.2, 0.25) is 0 Å². The maximum Gasteiger partial charge on any atom is 0.230 e. The van der Waals surface area contributed by atoms with Crippen LogP contribution in [0, 0.1) is 5.41 Å². The van der Waals surface area contributed by atoms with Crippen molar-refractivity contribution in [3.8, 4) is 0 Å². The number of carbonyl (C=O) groups excluding carboxylic acids is 1. The fourth-order valence-corrected chi connectivity index (χ4v) is 3.21. The highest BCUT2D eigenvalue weighted by molar-refractivity contribution is 5.83. The molecular formula is C13H24N2O. The van der Waals surface area contributed by atoms with Crippen molar-refractivity contribution in [1.29, 1.82) is 0 Å². The average Bonchev–Trinajstić information content (AvgIpc) is 2.98. The Kier molecular flexibility index (Phi) is 3.53. The van der Waals surface area contributed by atoms with Gasteiger partial charge < -0.3 is 10.2 Å². The summed E-state index contributed by atoms with van der Waals surface area (Å²) >= 11 is 0. The molecular weight excluding hydrogens is 200 g/mol. The molecule has 3 heteroatoms. The first-order chi connectivity index (χ1) is 7.69. The van der Waals surface area contributed by atoms with Crippen LogP contribution in [0.4, 0.5) is 0 Å². The number of nitrogens with one attached hydrogen (secondary N) is 1. The lowest BCUT2D eigenvalue weighted by Crippen LogP contribution is -2.46. The Balaban J connectivity index is 2.04. The molecule has 1 saturated heterocycles. The van der Waals surface area contributed by atoms with E-state index in [2.05, 4.69) is 12.2 Å². The second-order valence-electron chi connectivity index (χ2n) is 5.41. The van der Waals surface area contributed by atoms with Crippen molar-refractivity contribution in [2.45, 2.75) is 51.5 Å². The quantitative estimate of drug-likeness (QED) is 0.792. The minimum Gasteiger partial charge on any atom is -0.342 e. The van der Waals surface area contributed by atoms with E-state index in [0.717, 1.165) is 25.9 Å². The van der Waals surface area contributed by atoms with E-state index >= 15 is 0 Å². The van der Waals surface area contributed by atoms with E-state index in [1.807, 2.05) is 11.9 Å². The molecule has 3 nitrogen and oxygen atoms in total. The van der Waals surface area contributed by atoms with Gasteiger partial charge in [-0.05, 0) is 32.2 Å². The Bertz CT molecular complexity index is 253. The molecule has 0 aromatic carbocycles. The van der Waals surface area contributed by atoms with E-state index in [1.165, 1.54) is 25.7 Å². The highest BCUT2D eigenvalue weighted by Crippen LogP contribution is 2.34. The number of carbonyl (C=O) groups is 1. The molecule has 0 spiro atoms. The van der Waals surface area contributed by atoms with Gasteiger partial charge in [0.25, 0.3) is 0 Å². The Hall–Kier alpha value is -0.570. The summed E-state index contributed by atoms with van der Waals surface area (Å²) in [6.07, 6.45) is 6.97. The van der Waals surface area contributed by atoms with Crippen LogP contribution < -0.4 is 5.32 Å². The van der Waals surface area contributed by atoms with Crippen molar-refractivity contribution in [3.05, 3.63) is 0 Å². The molecule has 2 fully saturated rings. The predicted molar refractivity (Wildman–Crippen MR) is 65.2 cm³/mol. The molecule has 2 rings (SSSR count). The Morgan fingerprint density at radius 2 is 2.12 bits per heavy atom. The van der Waals surface area contributed by atoms with Crippen molar-refractivity contribution in [1.82, 2.24) is 10.2 Å². The molecule has 2 aliphatic rings. The van der Waals surface area contributed by atoms with Crippen molar-refractivity contribution >= 4 is 5.91 Å². The fourth-order valence-electron chi connectivity index (χ4n) is 3.21. The first-order valence-corrected chi connectivity index (χ1v) is 6.67. The van der Waals surface area contributed by atoms with E-state index in [0.29, 0.717) is 11.9 Å². The molecule has 1 unspecified atom stereocenters. The van der Waals surface area contributed by atoms with Gasteiger partial charge in [0.1, 0.15) is 0 Å². The Labute approximate surface area is 98.6 Å². The normalized spacial score (nSPS) is 30.9. The molecule has 1 aliphatic carbocycles. The first kappa shape index (κ1) is 11.9. The summed E-state index contributed by atoms with van der Waals surface area (Å²) in [7, 11) is 2.01. The molecule has 0 bridgehead atoms. The number of hydrogen-bond acceptors (Lipinski definition) is 2. The zero-order chi connectivity index (χ0) is 11.6. The zero-order valence-electron chi connectivity index (χ0n) is 10.6. The highest BCUT2D eigenvalue weighted by Gasteiger charge is 2.42. The van der Waals surface area contributed by atoms with Gasteiger partial charge in [-0.2, -0.15) is 0 Å². The van der Waals surface area contributed by atoms with Gasteiger partial charge in [0.05, 0.1) is 5.41 Å². The summed E-state index contributed by atoms with van der Waals surface area (Å²) in [5.74, 6) is 0.381. The lowest BCUT2D eigenvalue weighted by molar-refractivity contribution is -0.142. The van der Waals surface area contributed by atoms with Crippen molar-refractivity contribution < 1.29 is 4.79 Å². The van der Waals surface area contributed by atoms with Gasteiger partial charge in [0, 0.05) is 19.6 Å². The van der Waals surface area contributed by atoms with E-state index in [-0.39, 0.29) is 5.41 Å². The third-order valence-corrected chi connectivity index (χ3v) is 4.57. The van der Waals surface area contributed by atoms with Crippen molar-refractivity contribution in [2.24, 2.45) is 5.41 Å². The summed E-state index contributed by atoms with van der Waals surface area (Å²) in [6.45, 7) is 4.02. The molecule has 1 heterocycles. The molecule has 1 aliphatic heterocycles. The number of rotatable bonds is 3. The van der Waals surface area contributed by atoms with Gasteiger partial charge in [-0.3, -0.25) is 4.79 Å². The Morgan fingerprint density at radius 1 is 1.44 bits per heavy atom. The number of hydrogen-bond donors (Lipinski definition) is 1. The average molecular weight is 224 g/mol. The van der Waals surface area contributed by atoms with Crippen LogP contribution in [0.15, 0.2) is 0 Å². The van der Waals surface area contributed by atoms with Crippen LogP contribution in [-0.4, -0.2) is 37.0 Å². The molecule has 0 aromatic heterocycles. The number of amides is 1.